The van der Waals surface area contributed by atoms with Gasteiger partial charge in [-0.05, 0) is 24.6 Å². The van der Waals surface area contributed by atoms with E-state index in [2.05, 4.69) is 41.5 Å². The molecule has 2 aromatic carbocycles. The Balaban J connectivity index is 1.78. The number of nitrogens with one attached hydrogen (secondary N) is 1. The zero-order valence-electron chi connectivity index (χ0n) is 10.7. The maximum Gasteiger partial charge on any atom is 0.296 e. The molecule has 0 aliphatic rings. The van der Waals surface area contributed by atoms with E-state index in [1.54, 1.807) is 0 Å². The molecular formula is C15H15N3O. The second kappa shape index (κ2) is 4.65. The van der Waals surface area contributed by atoms with Crippen LogP contribution in [0.15, 0.2) is 46.9 Å². The lowest BCUT2D eigenvalue weighted by atomic mass is 10.1. The Kier molecular flexibility index (Phi) is 2.83. The van der Waals surface area contributed by atoms with Crippen LogP contribution in [-0.4, -0.2) is 4.98 Å². The van der Waals surface area contributed by atoms with Crippen molar-refractivity contribution in [3.63, 3.8) is 0 Å². The molecule has 0 atom stereocenters. The number of anilines is 2. The van der Waals surface area contributed by atoms with Crippen molar-refractivity contribution in [3.8, 4) is 0 Å². The number of nitrogens with zero attached hydrogens (tertiary/aromatic N) is 1. The summed E-state index contributed by atoms with van der Waals surface area (Å²) < 4.78 is 5.59. The molecule has 3 rings (SSSR count). The van der Waals surface area contributed by atoms with Gasteiger partial charge in [-0.3, -0.25) is 0 Å². The van der Waals surface area contributed by atoms with Crippen molar-refractivity contribution >= 4 is 22.8 Å². The molecule has 0 unspecified atom stereocenters. The number of benzene rings is 2. The number of hydrogen-bond donors (Lipinski definition) is 2. The van der Waals surface area contributed by atoms with Crippen LogP contribution in [0.25, 0.3) is 11.1 Å². The summed E-state index contributed by atoms with van der Waals surface area (Å²) in [7, 11) is 0. The summed E-state index contributed by atoms with van der Waals surface area (Å²) in [6.45, 7) is 2.74. The van der Waals surface area contributed by atoms with Gasteiger partial charge >= 0.3 is 0 Å². The lowest BCUT2D eigenvalue weighted by Crippen LogP contribution is -1.99. The van der Waals surface area contributed by atoms with Crippen LogP contribution in [0.1, 0.15) is 11.1 Å². The average molecular weight is 253 g/mol. The summed E-state index contributed by atoms with van der Waals surface area (Å²) in [6, 6.07) is 14.4. The largest absolute Gasteiger partial charge is 0.423 e. The van der Waals surface area contributed by atoms with Gasteiger partial charge in [0.05, 0.1) is 5.69 Å². The summed E-state index contributed by atoms with van der Waals surface area (Å²) in [4.78, 5) is 4.34. The molecule has 0 saturated carbocycles. The van der Waals surface area contributed by atoms with Crippen molar-refractivity contribution < 1.29 is 4.42 Å². The summed E-state index contributed by atoms with van der Waals surface area (Å²) in [5.74, 6) is 0. The smallest absolute Gasteiger partial charge is 0.296 e. The van der Waals surface area contributed by atoms with Gasteiger partial charge in [-0.25, -0.2) is 0 Å². The molecule has 19 heavy (non-hydrogen) atoms. The summed E-state index contributed by atoms with van der Waals surface area (Å²) >= 11 is 0. The molecular weight excluding hydrogens is 238 g/mol. The van der Waals surface area contributed by atoms with Crippen molar-refractivity contribution in [2.45, 2.75) is 13.5 Å². The number of fused-ring (bicyclic) bond motifs is 1. The van der Waals surface area contributed by atoms with Crippen LogP contribution in [0, 0.1) is 6.92 Å². The van der Waals surface area contributed by atoms with E-state index in [0.29, 0.717) is 29.3 Å². The number of rotatable bonds is 3. The Labute approximate surface area is 111 Å². The van der Waals surface area contributed by atoms with Crippen LogP contribution >= 0.6 is 0 Å². The summed E-state index contributed by atoms with van der Waals surface area (Å²) in [5.41, 5.74) is 10.3. The van der Waals surface area contributed by atoms with Gasteiger partial charge in [0.1, 0.15) is 5.52 Å². The molecule has 96 valence electrons. The number of nitrogens with two attached hydrogens (primary N) is 1. The van der Waals surface area contributed by atoms with Gasteiger partial charge in [-0.2, -0.15) is 4.98 Å². The van der Waals surface area contributed by atoms with Crippen LogP contribution in [-0.2, 0) is 6.54 Å². The fraction of sp³-hybridized carbons (Fsp3) is 0.133. The Morgan fingerprint density at radius 2 is 1.95 bits per heavy atom. The minimum Gasteiger partial charge on any atom is -0.423 e. The molecule has 3 N–H and O–H groups in total. The highest BCUT2D eigenvalue weighted by molar-refractivity contribution is 5.86. The molecule has 0 radical (unpaired) electrons. The van der Waals surface area contributed by atoms with E-state index in [4.69, 9.17) is 10.2 Å². The number of para-hydroxylation sites is 1. The Bertz CT molecular complexity index is 701. The van der Waals surface area contributed by atoms with E-state index in [9.17, 15) is 0 Å². The normalized spacial score (nSPS) is 10.8. The standard InChI is InChI=1S/C15H15N3O/c1-10-5-7-11(8-6-10)9-17-15-18-14-12(16)3-2-4-13(14)19-15/h2-8H,9,16H2,1H3,(H,17,18). The van der Waals surface area contributed by atoms with Crippen LogP contribution in [0.3, 0.4) is 0 Å². The second-order valence-electron chi connectivity index (χ2n) is 4.55. The van der Waals surface area contributed by atoms with E-state index < -0.39 is 0 Å². The predicted molar refractivity (Wildman–Crippen MR) is 76.9 cm³/mol. The molecule has 0 amide bonds. The van der Waals surface area contributed by atoms with Crippen molar-refractivity contribution in [3.05, 3.63) is 53.6 Å². The predicted octanol–water partition coefficient (Wildman–Crippen LogP) is 3.33. The highest BCUT2D eigenvalue weighted by Gasteiger charge is 2.07. The molecule has 4 nitrogen and oxygen atoms in total. The van der Waals surface area contributed by atoms with E-state index in [0.717, 1.165) is 0 Å². The molecule has 3 aromatic rings. The Morgan fingerprint density at radius 1 is 1.16 bits per heavy atom. The Hall–Kier alpha value is -2.49. The van der Waals surface area contributed by atoms with Crippen molar-refractivity contribution in [1.29, 1.82) is 0 Å². The third-order valence-electron chi connectivity index (χ3n) is 3.01. The van der Waals surface area contributed by atoms with Crippen LogP contribution in [0.4, 0.5) is 11.7 Å². The van der Waals surface area contributed by atoms with Crippen LogP contribution < -0.4 is 11.1 Å². The first kappa shape index (κ1) is 11.6. The van der Waals surface area contributed by atoms with Gasteiger partial charge in [0, 0.05) is 6.54 Å². The van der Waals surface area contributed by atoms with Crippen LogP contribution in [0.2, 0.25) is 0 Å². The monoisotopic (exact) mass is 253 g/mol. The zero-order valence-corrected chi connectivity index (χ0v) is 10.7. The SMILES string of the molecule is Cc1ccc(CNc2nc3c(N)cccc3o2)cc1. The first-order valence-electron chi connectivity index (χ1n) is 6.17. The van der Waals surface area contributed by atoms with Crippen molar-refractivity contribution in [1.82, 2.24) is 4.98 Å². The first-order chi connectivity index (χ1) is 9.22. The summed E-state index contributed by atoms with van der Waals surface area (Å²) in [6.07, 6.45) is 0. The molecule has 0 saturated heterocycles. The molecule has 1 aromatic heterocycles. The van der Waals surface area contributed by atoms with E-state index in [-0.39, 0.29) is 0 Å². The van der Waals surface area contributed by atoms with Gasteiger partial charge in [0.25, 0.3) is 6.01 Å². The summed E-state index contributed by atoms with van der Waals surface area (Å²) in [5, 5.41) is 3.16. The Morgan fingerprint density at radius 3 is 2.68 bits per heavy atom. The van der Waals surface area contributed by atoms with Gasteiger partial charge in [-0.15, -0.1) is 0 Å². The minimum atomic E-state index is 0.494. The van der Waals surface area contributed by atoms with Crippen molar-refractivity contribution in [2.24, 2.45) is 0 Å². The maximum absolute atomic E-state index is 5.84. The molecule has 1 heterocycles. The fourth-order valence-electron chi connectivity index (χ4n) is 1.93. The maximum atomic E-state index is 5.84. The topological polar surface area (TPSA) is 64.1 Å². The third kappa shape index (κ3) is 2.38. The highest BCUT2D eigenvalue weighted by Crippen LogP contribution is 2.23. The fourth-order valence-corrected chi connectivity index (χ4v) is 1.93. The van der Waals surface area contributed by atoms with E-state index in [1.165, 1.54) is 11.1 Å². The van der Waals surface area contributed by atoms with Gasteiger partial charge < -0.3 is 15.5 Å². The first-order valence-corrected chi connectivity index (χ1v) is 6.17. The number of aromatic nitrogens is 1. The molecule has 0 spiro atoms. The lowest BCUT2D eigenvalue weighted by Gasteiger charge is -2.02. The minimum absolute atomic E-state index is 0.494. The quantitative estimate of drug-likeness (QED) is 0.703. The van der Waals surface area contributed by atoms with E-state index in [1.807, 2.05) is 18.2 Å². The molecule has 4 heteroatoms. The number of hydrogen-bond acceptors (Lipinski definition) is 4. The third-order valence-corrected chi connectivity index (χ3v) is 3.01. The number of aryl methyl sites for hydroxylation is 1. The second-order valence-corrected chi connectivity index (χ2v) is 4.55. The molecule has 0 aliphatic heterocycles. The van der Waals surface area contributed by atoms with Crippen LogP contribution in [0.5, 0.6) is 0 Å². The van der Waals surface area contributed by atoms with Crippen molar-refractivity contribution in [2.75, 3.05) is 11.1 Å². The van der Waals surface area contributed by atoms with E-state index >= 15 is 0 Å². The highest BCUT2D eigenvalue weighted by atomic mass is 16.4. The molecule has 0 bridgehead atoms. The average Bonchev–Trinajstić information content (AvgIpc) is 2.83. The molecule has 0 fully saturated rings. The molecule has 0 aliphatic carbocycles. The number of nitrogen functional groups attached to an aromatic ring is 1. The van der Waals surface area contributed by atoms with Gasteiger partial charge in [-0.1, -0.05) is 35.9 Å². The lowest BCUT2D eigenvalue weighted by molar-refractivity contribution is 0.614. The zero-order chi connectivity index (χ0) is 13.2. The van der Waals surface area contributed by atoms with Gasteiger partial charge in [0.2, 0.25) is 0 Å². The van der Waals surface area contributed by atoms with Gasteiger partial charge in [0.15, 0.2) is 5.58 Å². The number of oxazole rings is 1.